The van der Waals surface area contributed by atoms with Crippen LogP contribution in [0.5, 0.6) is 0 Å². The molecule has 0 spiro atoms. The molecule has 1 heterocycles. The highest BCUT2D eigenvalue weighted by atomic mass is 19.1. The number of anilines is 1. The molecule has 2 nitrogen and oxygen atoms in total. The van der Waals surface area contributed by atoms with Gasteiger partial charge in [-0.05, 0) is 50.3 Å². The number of aliphatic hydroxyl groups excluding tert-OH is 1. The van der Waals surface area contributed by atoms with Crippen LogP contribution in [0.1, 0.15) is 31.7 Å². The number of benzene rings is 1. The van der Waals surface area contributed by atoms with Gasteiger partial charge in [0.05, 0.1) is 11.8 Å². The fourth-order valence-corrected chi connectivity index (χ4v) is 2.41. The molecule has 0 radical (unpaired) electrons. The van der Waals surface area contributed by atoms with Crippen molar-refractivity contribution >= 4 is 5.69 Å². The number of aliphatic hydroxyl groups is 1. The molecule has 17 heavy (non-hydrogen) atoms. The average molecular weight is 237 g/mol. The number of nitrogens with zero attached hydrogens (tertiary/aromatic N) is 1. The van der Waals surface area contributed by atoms with E-state index < -0.39 is 6.10 Å². The van der Waals surface area contributed by atoms with Crippen molar-refractivity contribution in [1.29, 1.82) is 0 Å². The van der Waals surface area contributed by atoms with Gasteiger partial charge >= 0.3 is 0 Å². The minimum absolute atomic E-state index is 0.162. The molecule has 1 aliphatic rings. The largest absolute Gasteiger partial charge is 0.393 e. The zero-order valence-corrected chi connectivity index (χ0v) is 10.3. The van der Waals surface area contributed by atoms with Crippen LogP contribution in [0.15, 0.2) is 18.2 Å². The van der Waals surface area contributed by atoms with E-state index in [0.29, 0.717) is 12.1 Å². The van der Waals surface area contributed by atoms with Gasteiger partial charge < -0.3 is 10.0 Å². The minimum atomic E-state index is -0.421. The van der Waals surface area contributed by atoms with E-state index in [1.165, 1.54) is 6.42 Å². The average Bonchev–Trinajstić information content (AvgIpc) is 2.29. The molecule has 1 unspecified atom stereocenters. The summed E-state index contributed by atoms with van der Waals surface area (Å²) < 4.78 is 14.0. The molecular formula is C14H20FNO. The molecule has 1 fully saturated rings. The highest BCUT2D eigenvalue weighted by Crippen LogP contribution is 2.24. The summed E-state index contributed by atoms with van der Waals surface area (Å²) in [5, 5.41) is 9.28. The van der Waals surface area contributed by atoms with Gasteiger partial charge in [0.2, 0.25) is 0 Å². The Kier molecular flexibility index (Phi) is 4.00. The quantitative estimate of drug-likeness (QED) is 0.873. The maximum absolute atomic E-state index is 14.0. The molecule has 0 bridgehead atoms. The number of rotatable bonds is 3. The molecule has 0 aromatic heterocycles. The molecule has 1 aromatic carbocycles. The zero-order valence-electron chi connectivity index (χ0n) is 10.3. The van der Waals surface area contributed by atoms with E-state index in [0.717, 1.165) is 31.5 Å². The first-order valence-electron chi connectivity index (χ1n) is 6.38. The van der Waals surface area contributed by atoms with Crippen molar-refractivity contribution in [2.75, 3.05) is 18.0 Å². The fourth-order valence-electron chi connectivity index (χ4n) is 2.41. The summed E-state index contributed by atoms with van der Waals surface area (Å²) in [6.45, 7) is 3.62. The van der Waals surface area contributed by atoms with Gasteiger partial charge in [-0.3, -0.25) is 0 Å². The minimum Gasteiger partial charge on any atom is -0.393 e. The van der Waals surface area contributed by atoms with Gasteiger partial charge in [0.15, 0.2) is 0 Å². The van der Waals surface area contributed by atoms with E-state index in [1.807, 2.05) is 12.1 Å². The molecule has 3 heteroatoms. The maximum atomic E-state index is 14.0. The van der Waals surface area contributed by atoms with Crippen LogP contribution >= 0.6 is 0 Å². The Hall–Kier alpha value is -1.09. The SMILES string of the molecule is CC(O)Cc1ccc(N2CCCCC2)c(F)c1. The van der Waals surface area contributed by atoms with E-state index in [1.54, 1.807) is 13.0 Å². The summed E-state index contributed by atoms with van der Waals surface area (Å²) >= 11 is 0. The smallest absolute Gasteiger partial charge is 0.146 e. The third-order valence-electron chi connectivity index (χ3n) is 3.24. The highest BCUT2D eigenvalue weighted by molar-refractivity contribution is 5.49. The second-order valence-corrected chi connectivity index (χ2v) is 4.89. The Morgan fingerprint density at radius 1 is 1.29 bits per heavy atom. The summed E-state index contributed by atoms with van der Waals surface area (Å²) in [4.78, 5) is 2.12. The first kappa shape index (κ1) is 12.4. The van der Waals surface area contributed by atoms with Crippen molar-refractivity contribution in [3.8, 4) is 0 Å². The zero-order chi connectivity index (χ0) is 12.3. The number of hydrogen-bond donors (Lipinski definition) is 1. The van der Waals surface area contributed by atoms with Crippen molar-refractivity contribution in [2.45, 2.75) is 38.7 Å². The van der Waals surface area contributed by atoms with Gasteiger partial charge in [0.1, 0.15) is 5.82 Å². The topological polar surface area (TPSA) is 23.5 Å². The van der Waals surface area contributed by atoms with E-state index in [4.69, 9.17) is 0 Å². The molecule has 2 rings (SSSR count). The van der Waals surface area contributed by atoms with Crippen LogP contribution in [0.2, 0.25) is 0 Å². The molecule has 0 aliphatic carbocycles. The Morgan fingerprint density at radius 2 is 2.00 bits per heavy atom. The Bertz CT molecular complexity index is 372. The van der Waals surface area contributed by atoms with Crippen molar-refractivity contribution in [3.63, 3.8) is 0 Å². The van der Waals surface area contributed by atoms with E-state index >= 15 is 0 Å². The lowest BCUT2D eigenvalue weighted by Gasteiger charge is -2.29. The molecule has 1 atom stereocenters. The summed E-state index contributed by atoms with van der Waals surface area (Å²) in [5.41, 5.74) is 1.57. The lowest BCUT2D eigenvalue weighted by Crippen LogP contribution is -2.30. The van der Waals surface area contributed by atoms with Gasteiger partial charge in [-0.1, -0.05) is 6.07 Å². The van der Waals surface area contributed by atoms with Crippen molar-refractivity contribution in [2.24, 2.45) is 0 Å². The summed E-state index contributed by atoms with van der Waals surface area (Å²) in [6, 6.07) is 5.31. The van der Waals surface area contributed by atoms with Gasteiger partial charge in [0, 0.05) is 13.1 Å². The van der Waals surface area contributed by atoms with Crippen molar-refractivity contribution in [3.05, 3.63) is 29.6 Å². The van der Waals surface area contributed by atoms with Crippen LogP contribution in [0.4, 0.5) is 10.1 Å². The van der Waals surface area contributed by atoms with E-state index in [-0.39, 0.29) is 5.82 Å². The van der Waals surface area contributed by atoms with Gasteiger partial charge in [-0.15, -0.1) is 0 Å². The van der Waals surface area contributed by atoms with Crippen LogP contribution < -0.4 is 4.90 Å². The Balaban J connectivity index is 2.13. The predicted octanol–water partition coefficient (Wildman–Crippen LogP) is 2.74. The first-order chi connectivity index (χ1) is 8.16. The Morgan fingerprint density at radius 3 is 2.59 bits per heavy atom. The van der Waals surface area contributed by atoms with Crippen LogP contribution in [0.3, 0.4) is 0 Å². The number of piperidine rings is 1. The standard InChI is InChI=1S/C14H20FNO/c1-11(17)9-12-5-6-14(13(15)10-12)16-7-3-2-4-8-16/h5-6,10-11,17H,2-4,7-9H2,1H3. The van der Waals surface area contributed by atoms with E-state index in [9.17, 15) is 9.50 Å². The highest BCUT2D eigenvalue weighted by Gasteiger charge is 2.15. The van der Waals surface area contributed by atoms with E-state index in [2.05, 4.69) is 4.90 Å². The molecule has 1 saturated heterocycles. The second-order valence-electron chi connectivity index (χ2n) is 4.89. The number of hydrogen-bond acceptors (Lipinski definition) is 2. The number of halogens is 1. The van der Waals surface area contributed by atoms with Gasteiger partial charge in [-0.2, -0.15) is 0 Å². The van der Waals surface area contributed by atoms with Crippen LogP contribution in [-0.2, 0) is 6.42 Å². The second kappa shape index (κ2) is 5.50. The van der Waals surface area contributed by atoms with Crippen molar-refractivity contribution in [1.82, 2.24) is 0 Å². The molecule has 0 amide bonds. The molecular weight excluding hydrogens is 217 g/mol. The molecule has 94 valence electrons. The predicted molar refractivity (Wildman–Crippen MR) is 67.8 cm³/mol. The fraction of sp³-hybridized carbons (Fsp3) is 0.571. The summed E-state index contributed by atoms with van der Waals surface area (Å²) in [7, 11) is 0. The monoisotopic (exact) mass is 237 g/mol. The maximum Gasteiger partial charge on any atom is 0.146 e. The molecule has 1 aliphatic heterocycles. The lowest BCUT2D eigenvalue weighted by atomic mass is 10.1. The summed E-state index contributed by atoms with van der Waals surface area (Å²) in [6.07, 6.45) is 3.63. The third-order valence-corrected chi connectivity index (χ3v) is 3.24. The van der Waals surface area contributed by atoms with Crippen LogP contribution in [-0.4, -0.2) is 24.3 Å². The van der Waals surface area contributed by atoms with Crippen LogP contribution in [0, 0.1) is 5.82 Å². The molecule has 1 N–H and O–H groups in total. The lowest BCUT2D eigenvalue weighted by molar-refractivity contribution is 0.195. The summed E-state index contributed by atoms with van der Waals surface area (Å²) in [5.74, 6) is -0.162. The van der Waals surface area contributed by atoms with Crippen molar-refractivity contribution < 1.29 is 9.50 Å². The molecule has 1 aromatic rings. The first-order valence-corrected chi connectivity index (χ1v) is 6.38. The van der Waals surface area contributed by atoms with Gasteiger partial charge in [0.25, 0.3) is 0 Å². The third kappa shape index (κ3) is 3.19. The van der Waals surface area contributed by atoms with Gasteiger partial charge in [-0.25, -0.2) is 4.39 Å². The normalized spacial score (nSPS) is 18.2. The van der Waals surface area contributed by atoms with Crippen LogP contribution in [0.25, 0.3) is 0 Å². The Labute approximate surface area is 102 Å². The molecule has 0 saturated carbocycles.